The van der Waals surface area contributed by atoms with Gasteiger partial charge < -0.3 is 15.2 Å². The van der Waals surface area contributed by atoms with Crippen LogP contribution in [0, 0.1) is 20.8 Å². The average molecular weight is 251 g/mol. The Morgan fingerprint density at radius 2 is 1.67 bits per heavy atom. The van der Waals surface area contributed by atoms with E-state index in [-0.39, 0.29) is 6.04 Å². The van der Waals surface area contributed by atoms with Gasteiger partial charge in [0.2, 0.25) is 0 Å². The number of methoxy groups -OCH3 is 1. The van der Waals surface area contributed by atoms with Gasteiger partial charge >= 0.3 is 0 Å². The van der Waals surface area contributed by atoms with Crippen molar-refractivity contribution in [3.05, 3.63) is 34.4 Å². The fourth-order valence-electron chi connectivity index (χ4n) is 1.99. The lowest BCUT2D eigenvalue weighted by Crippen LogP contribution is -2.15. The first-order chi connectivity index (χ1) is 8.56. The Hall–Kier alpha value is -0.900. The zero-order valence-corrected chi connectivity index (χ0v) is 12.0. The summed E-state index contributed by atoms with van der Waals surface area (Å²) in [5.41, 5.74) is 11.3. The molecule has 0 heterocycles. The van der Waals surface area contributed by atoms with E-state index < -0.39 is 0 Å². The van der Waals surface area contributed by atoms with Gasteiger partial charge in [-0.3, -0.25) is 0 Å². The summed E-state index contributed by atoms with van der Waals surface area (Å²) in [4.78, 5) is 0. The summed E-state index contributed by atoms with van der Waals surface area (Å²) in [7, 11) is 1.67. The minimum atomic E-state index is 0.0480. The SMILES string of the molecule is COCCOCCC(N)c1cc(C)c(C)cc1C. The van der Waals surface area contributed by atoms with Crippen molar-refractivity contribution >= 4 is 0 Å². The molecule has 0 radical (unpaired) electrons. The molecule has 1 aromatic rings. The Balaban J connectivity index is 2.51. The van der Waals surface area contributed by atoms with Gasteiger partial charge in [0, 0.05) is 19.8 Å². The van der Waals surface area contributed by atoms with Crippen molar-refractivity contribution in [2.45, 2.75) is 33.2 Å². The van der Waals surface area contributed by atoms with Crippen LogP contribution in [0.4, 0.5) is 0 Å². The summed E-state index contributed by atoms with van der Waals surface area (Å²) < 4.78 is 10.4. The summed E-state index contributed by atoms with van der Waals surface area (Å²) in [6, 6.07) is 4.45. The molecule has 0 bridgehead atoms. The van der Waals surface area contributed by atoms with Crippen molar-refractivity contribution in [2.24, 2.45) is 5.73 Å². The number of hydrogen-bond acceptors (Lipinski definition) is 3. The van der Waals surface area contributed by atoms with Crippen LogP contribution < -0.4 is 5.73 Å². The second kappa shape index (κ2) is 7.52. The fourth-order valence-corrected chi connectivity index (χ4v) is 1.99. The van der Waals surface area contributed by atoms with Crippen LogP contribution in [0.25, 0.3) is 0 Å². The summed E-state index contributed by atoms with van der Waals surface area (Å²) in [6.07, 6.45) is 0.840. The van der Waals surface area contributed by atoms with Gasteiger partial charge in [-0.15, -0.1) is 0 Å². The van der Waals surface area contributed by atoms with Crippen LogP contribution in [0.3, 0.4) is 0 Å². The van der Waals surface area contributed by atoms with Gasteiger partial charge in [0.25, 0.3) is 0 Å². The van der Waals surface area contributed by atoms with Gasteiger partial charge in [0.15, 0.2) is 0 Å². The monoisotopic (exact) mass is 251 g/mol. The minimum Gasteiger partial charge on any atom is -0.382 e. The quantitative estimate of drug-likeness (QED) is 0.758. The Morgan fingerprint density at radius 3 is 2.33 bits per heavy atom. The molecule has 0 fully saturated rings. The molecule has 0 saturated carbocycles. The Labute approximate surface area is 110 Å². The van der Waals surface area contributed by atoms with Crippen molar-refractivity contribution in [1.29, 1.82) is 0 Å². The van der Waals surface area contributed by atoms with Gasteiger partial charge in [-0.2, -0.15) is 0 Å². The molecular formula is C15H25NO2. The first-order valence-corrected chi connectivity index (χ1v) is 6.46. The molecule has 1 aromatic carbocycles. The van der Waals surface area contributed by atoms with Gasteiger partial charge in [0.05, 0.1) is 13.2 Å². The predicted molar refractivity (Wildman–Crippen MR) is 74.9 cm³/mol. The van der Waals surface area contributed by atoms with Crippen molar-refractivity contribution < 1.29 is 9.47 Å². The highest BCUT2D eigenvalue weighted by molar-refractivity contribution is 5.38. The van der Waals surface area contributed by atoms with E-state index in [9.17, 15) is 0 Å². The third kappa shape index (κ3) is 4.41. The van der Waals surface area contributed by atoms with Crippen molar-refractivity contribution in [3.8, 4) is 0 Å². The number of aryl methyl sites for hydroxylation is 3. The molecule has 0 aromatic heterocycles. The fraction of sp³-hybridized carbons (Fsp3) is 0.600. The van der Waals surface area contributed by atoms with Crippen molar-refractivity contribution in [1.82, 2.24) is 0 Å². The van der Waals surface area contributed by atoms with Gasteiger partial charge in [-0.1, -0.05) is 12.1 Å². The van der Waals surface area contributed by atoms with E-state index in [2.05, 4.69) is 32.9 Å². The lowest BCUT2D eigenvalue weighted by molar-refractivity contribution is 0.0672. The molecular weight excluding hydrogens is 226 g/mol. The van der Waals surface area contributed by atoms with Gasteiger partial charge in [-0.05, 0) is 49.4 Å². The Kier molecular flexibility index (Phi) is 6.33. The number of rotatable bonds is 7. The number of benzene rings is 1. The number of hydrogen-bond donors (Lipinski definition) is 1. The van der Waals surface area contributed by atoms with Crippen LogP contribution in [-0.2, 0) is 9.47 Å². The first-order valence-electron chi connectivity index (χ1n) is 6.46. The smallest absolute Gasteiger partial charge is 0.0700 e. The van der Waals surface area contributed by atoms with E-state index in [1.807, 2.05) is 0 Å². The average Bonchev–Trinajstić information content (AvgIpc) is 2.33. The van der Waals surface area contributed by atoms with Crippen molar-refractivity contribution in [2.75, 3.05) is 26.9 Å². The molecule has 1 unspecified atom stereocenters. The summed E-state index contributed by atoms with van der Waals surface area (Å²) >= 11 is 0. The molecule has 0 spiro atoms. The second-order valence-electron chi connectivity index (χ2n) is 4.79. The maximum Gasteiger partial charge on any atom is 0.0700 e. The molecule has 0 aliphatic carbocycles. The highest BCUT2D eigenvalue weighted by Gasteiger charge is 2.10. The van der Waals surface area contributed by atoms with E-state index >= 15 is 0 Å². The van der Waals surface area contributed by atoms with Crippen LogP contribution in [0.5, 0.6) is 0 Å². The second-order valence-corrected chi connectivity index (χ2v) is 4.79. The molecule has 3 heteroatoms. The highest BCUT2D eigenvalue weighted by Crippen LogP contribution is 2.22. The van der Waals surface area contributed by atoms with Crippen LogP contribution in [0.15, 0.2) is 12.1 Å². The molecule has 2 N–H and O–H groups in total. The van der Waals surface area contributed by atoms with Crippen LogP contribution in [-0.4, -0.2) is 26.9 Å². The first kappa shape index (κ1) is 15.2. The lowest BCUT2D eigenvalue weighted by atomic mass is 9.95. The Morgan fingerprint density at radius 1 is 1.00 bits per heavy atom. The van der Waals surface area contributed by atoms with Crippen molar-refractivity contribution in [3.63, 3.8) is 0 Å². The van der Waals surface area contributed by atoms with Crippen LogP contribution in [0.2, 0.25) is 0 Å². The van der Waals surface area contributed by atoms with Crippen LogP contribution >= 0.6 is 0 Å². The Bertz CT molecular complexity index is 377. The maximum atomic E-state index is 6.22. The molecule has 1 atom stereocenters. The van der Waals surface area contributed by atoms with E-state index in [4.69, 9.17) is 15.2 Å². The van der Waals surface area contributed by atoms with Gasteiger partial charge in [-0.25, -0.2) is 0 Å². The van der Waals surface area contributed by atoms with E-state index in [1.165, 1.54) is 22.3 Å². The predicted octanol–water partition coefficient (Wildman–Crippen LogP) is 2.66. The molecule has 3 nitrogen and oxygen atoms in total. The molecule has 0 aliphatic rings. The standard InChI is InChI=1S/C15H25NO2/c1-11-9-13(3)14(10-12(11)2)15(16)5-6-18-8-7-17-4/h9-10,15H,5-8,16H2,1-4H3. The molecule has 0 aliphatic heterocycles. The highest BCUT2D eigenvalue weighted by atomic mass is 16.5. The lowest BCUT2D eigenvalue weighted by Gasteiger charge is -2.17. The minimum absolute atomic E-state index is 0.0480. The third-order valence-corrected chi connectivity index (χ3v) is 3.29. The summed E-state index contributed by atoms with van der Waals surface area (Å²) in [6.45, 7) is 8.32. The largest absolute Gasteiger partial charge is 0.382 e. The molecule has 0 amide bonds. The molecule has 18 heavy (non-hydrogen) atoms. The normalized spacial score (nSPS) is 12.7. The van der Waals surface area contributed by atoms with E-state index in [0.29, 0.717) is 19.8 Å². The topological polar surface area (TPSA) is 44.5 Å². The number of ether oxygens (including phenoxy) is 2. The maximum absolute atomic E-state index is 6.22. The number of nitrogens with two attached hydrogens (primary N) is 1. The molecule has 102 valence electrons. The zero-order chi connectivity index (χ0) is 13.5. The summed E-state index contributed by atoms with van der Waals surface area (Å²) in [5.74, 6) is 0. The van der Waals surface area contributed by atoms with Crippen LogP contribution in [0.1, 0.15) is 34.7 Å². The molecule has 0 saturated heterocycles. The van der Waals surface area contributed by atoms with E-state index in [1.54, 1.807) is 7.11 Å². The zero-order valence-electron chi connectivity index (χ0n) is 12.0. The van der Waals surface area contributed by atoms with Gasteiger partial charge in [0.1, 0.15) is 0 Å². The molecule has 1 rings (SSSR count). The summed E-state index contributed by atoms with van der Waals surface area (Å²) in [5, 5.41) is 0. The van der Waals surface area contributed by atoms with E-state index in [0.717, 1.165) is 6.42 Å². The third-order valence-electron chi connectivity index (χ3n) is 3.29.